The zero-order valence-corrected chi connectivity index (χ0v) is 12.5. The highest BCUT2D eigenvalue weighted by molar-refractivity contribution is 7.35. The summed E-state index contributed by atoms with van der Waals surface area (Å²) in [5.74, 6) is 1.21. The number of ether oxygens (including phenoxy) is 1. The van der Waals surface area contributed by atoms with Crippen LogP contribution in [0.25, 0.3) is 11.1 Å². The first-order valence-electron chi connectivity index (χ1n) is 6.77. The molecule has 3 rings (SSSR count). The number of hydrogen-bond acceptors (Lipinski definition) is 3. The van der Waals surface area contributed by atoms with E-state index in [1.807, 2.05) is 60.7 Å². The van der Waals surface area contributed by atoms with Crippen molar-refractivity contribution in [2.75, 3.05) is 0 Å². The molecule has 0 aromatic heterocycles. The van der Waals surface area contributed by atoms with Crippen molar-refractivity contribution >= 4 is 13.8 Å². The molecule has 0 unspecified atom stereocenters. The summed E-state index contributed by atoms with van der Waals surface area (Å²) in [6, 6.07) is 22.0. The largest absolute Gasteiger partial charge is 0.507 e. The van der Waals surface area contributed by atoms with Gasteiger partial charge in [-0.1, -0.05) is 48.5 Å². The van der Waals surface area contributed by atoms with Crippen LogP contribution in [-0.4, -0.2) is 5.11 Å². The minimum absolute atomic E-state index is 0.0177. The second-order valence-corrected chi connectivity index (χ2v) is 5.31. The normalized spacial score (nSPS) is 10.5. The number of para-hydroxylation sites is 1. The van der Waals surface area contributed by atoms with Crippen LogP contribution in [0.15, 0.2) is 72.8 Å². The number of hydrogen-bond donors (Lipinski definition) is 1. The van der Waals surface area contributed by atoms with E-state index >= 15 is 0 Å². The van der Waals surface area contributed by atoms with E-state index in [-0.39, 0.29) is 14.2 Å². The van der Waals surface area contributed by atoms with Crippen LogP contribution in [0.4, 0.5) is 0 Å². The van der Waals surface area contributed by atoms with Crippen molar-refractivity contribution in [1.82, 2.24) is 0 Å². The van der Waals surface area contributed by atoms with E-state index in [4.69, 9.17) is 4.74 Å². The number of phenolic OH excluding ortho intramolecular Hbond substituents is 1. The molecule has 0 saturated carbocycles. The fraction of sp³-hybridized carbons (Fsp3) is 0. The summed E-state index contributed by atoms with van der Waals surface area (Å²) in [7, 11) is -0.254. The Morgan fingerprint density at radius 3 is 2.09 bits per heavy atom. The van der Waals surface area contributed by atoms with Crippen molar-refractivity contribution in [3.63, 3.8) is 0 Å². The summed E-state index contributed by atoms with van der Waals surface area (Å²) in [6.45, 7) is 0. The monoisotopic (exact) mass is 308 g/mol. The van der Waals surface area contributed by atoms with Crippen LogP contribution < -0.4 is 10.0 Å². The molecule has 0 bridgehead atoms. The van der Waals surface area contributed by atoms with Gasteiger partial charge in [0.15, 0.2) is 8.46 Å². The van der Waals surface area contributed by atoms with Gasteiger partial charge in [0, 0.05) is 5.56 Å². The van der Waals surface area contributed by atoms with Crippen LogP contribution in [0.1, 0.15) is 0 Å². The van der Waals surface area contributed by atoms with Crippen LogP contribution in [-0.2, 0) is 4.57 Å². The minimum atomic E-state index is -0.254. The summed E-state index contributed by atoms with van der Waals surface area (Å²) in [5.41, 5.74) is 1.46. The first-order valence-corrected chi connectivity index (χ1v) is 7.58. The maximum absolute atomic E-state index is 11.5. The Morgan fingerprint density at radius 2 is 1.45 bits per heavy atom. The van der Waals surface area contributed by atoms with Gasteiger partial charge in [-0.3, -0.25) is 4.57 Å². The molecule has 0 heterocycles. The minimum Gasteiger partial charge on any atom is -0.507 e. The molecule has 3 nitrogen and oxygen atoms in total. The molecule has 4 heteroatoms. The van der Waals surface area contributed by atoms with E-state index < -0.39 is 0 Å². The van der Waals surface area contributed by atoms with Crippen molar-refractivity contribution < 1.29 is 14.4 Å². The summed E-state index contributed by atoms with van der Waals surface area (Å²) >= 11 is 0. The first kappa shape index (κ1) is 14.3. The van der Waals surface area contributed by atoms with E-state index in [1.54, 1.807) is 6.07 Å². The van der Waals surface area contributed by atoms with Crippen LogP contribution >= 0.6 is 8.46 Å². The second kappa shape index (κ2) is 6.42. The van der Waals surface area contributed by atoms with E-state index in [1.165, 1.54) is 6.07 Å². The number of aromatic hydroxyl groups is 1. The van der Waals surface area contributed by atoms with E-state index in [2.05, 4.69) is 0 Å². The lowest BCUT2D eigenvalue weighted by Gasteiger charge is -2.14. The number of rotatable bonds is 4. The highest BCUT2D eigenvalue weighted by atomic mass is 31.1. The average Bonchev–Trinajstić information content (AvgIpc) is 2.58. The number of benzene rings is 3. The summed E-state index contributed by atoms with van der Waals surface area (Å²) in [4.78, 5) is 0. The quantitative estimate of drug-likeness (QED) is 0.706. The van der Waals surface area contributed by atoms with Gasteiger partial charge < -0.3 is 9.84 Å². The zero-order chi connectivity index (χ0) is 15.4. The fourth-order valence-electron chi connectivity index (χ4n) is 2.24. The molecule has 0 aliphatic rings. The molecule has 108 valence electrons. The van der Waals surface area contributed by atoms with Gasteiger partial charge in [-0.25, -0.2) is 0 Å². The Hall–Kier alpha value is -2.64. The maximum atomic E-state index is 11.5. The van der Waals surface area contributed by atoms with Gasteiger partial charge in [0.05, 0.1) is 5.30 Å². The Balaban J connectivity index is 2.16. The highest BCUT2D eigenvalue weighted by Gasteiger charge is 2.17. The lowest BCUT2D eigenvalue weighted by atomic mass is 10.0. The number of phenols is 1. The molecule has 0 spiro atoms. The van der Waals surface area contributed by atoms with Crippen LogP contribution in [0.3, 0.4) is 0 Å². The second-order valence-electron chi connectivity index (χ2n) is 4.68. The Labute approximate surface area is 130 Å². The van der Waals surface area contributed by atoms with Gasteiger partial charge >= 0.3 is 0 Å². The van der Waals surface area contributed by atoms with Crippen molar-refractivity contribution in [3.8, 4) is 28.4 Å². The lowest BCUT2D eigenvalue weighted by Crippen LogP contribution is -2.02. The molecular formula is C18H13O3P. The third-order valence-corrected chi connectivity index (χ3v) is 3.88. The third-order valence-electron chi connectivity index (χ3n) is 3.24. The zero-order valence-electron chi connectivity index (χ0n) is 11.6. The Bertz CT molecular complexity index is 786. The first-order chi connectivity index (χ1) is 10.8. The molecular weight excluding hydrogens is 295 g/mol. The smallest absolute Gasteiger partial charge is 0.197 e. The van der Waals surface area contributed by atoms with E-state index in [9.17, 15) is 9.67 Å². The molecule has 3 aromatic carbocycles. The van der Waals surface area contributed by atoms with Crippen molar-refractivity contribution in [1.29, 1.82) is 0 Å². The predicted octanol–water partition coefficient (Wildman–Crippen LogP) is 4.77. The summed E-state index contributed by atoms with van der Waals surface area (Å²) < 4.78 is 17.4. The van der Waals surface area contributed by atoms with Crippen LogP contribution in [0.2, 0.25) is 0 Å². The van der Waals surface area contributed by atoms with Crippen molar-refractivity contribution in [3.05, 3.63) is 72.8 Å². The predicted molar refractivity (Wildman–Crippen MR) is 87.3 cm³/mol. The summed E-state index contributed by atoms with van der Waals surface area (Å²) in [6.07, 6.45) is 0. The Morgan fingerprint density at radius 1 is 0.818 bits per heavy atom. The van der Waals surface area contributed by atoms with Crippen molar-refractivity contribution in [2.24, 2.45) is 0 Å². The molecule has 0 aliphatic carbocycles. The van der Waals surface area contributed by atoms with E-state index in [0.717, 1.165) is 5.56 Å². The van der Waals surface area contributed by atoms with Crippen LogP contribution in [0, 0.1) is 0 Å². The molecule has 3 aromatic rings. The molecule has 0 radical (unpaired) electrons. The molecule has 0 fully saturated rings. The summed E-state index contributed by atoms with van der Waals surface area (Å²) in [5, 5.41) is 10.3. The molecule has 0 amide bonds. The average molecular weight is 308 g/mol. The van der Waals surface area contributed by atoms with Gasteiger partial charge in [-0.2, -0.15) is 0 Å². The van der Waals surface area contributed by atoms with Gasteiger partial charge in [0.25, 0.3) is 0 Å². The van der Waals surface area contributed by atoms with Gasteiger partial charge in [-0.15, -0.1) is 0 Å². The van der Waals surface area contributed by atoms with Gasteiger partial charge in [0.1, 0.15) is 17.2 Å². The van der Waals surface area contributed by atoms with Gasteiger partial charge in [0.2, 0.25) is 0 Å². The fourth-order valence-corrected chi connectivity index (χ4v) is 2.74. The lowest BCUT2D eigenvalue weighted by molar-refractivity contribution is 0.469. The standard InChI is InChI=1S/C18H13O3P/c19-15-11-12-16(21-14-9-5-2-6-10-14)17(18(15)22-20)13-7-3-1-4-8-13/h1-12,19H. The molecule has 0 aliphatic heterocycles. The van der Waals surface area contributed by atoms with Crippen LogP contribution in [0.5, 0.6) is 17.2 Å². The molecule has 0 atom stereocenters. The highest BCUT2D eigenvalue weighted by Crippen LogP contribution is 2.36. The third kappa shape index (κ3) is 2.85. The molecule has 22 heavy (non-hydrogen) atoms. The van der Waals surface area contributed by atoms with Gasteiger partial charge in [-0.05, 0) is 29.8 Å². The topological polar surface area (TPSA) is 46.5 Å². The SMILES string of the molecule is O=Pc1c(O)ccc(Oc2ccccc2)c1-c1ccccc1. The maximum Gasteiger partial charge on any atom is 0.197 e. The molecule has 1 N–H and O–H groups in total. The molecule has 0 saturated heterocycles. The Kier molecular flexibility index (Phi) is 4.17. The van der Waals surface area contributed by atoms with Crippen molar-refractivity contribution in [2.45, 2.75) is 0 Å². The van der Waals surface area contributed by atoms with E-state index in [0.29, 0.717) is 22.4 Å².